The Kier molecular flexibility index (Phi) is 19.3. The van der Waals surface area contributed by atoms with E-state index >= 15 is 14.4 Å². The Morgan fingerprint density at radius 1 is 0.692 bits per heavy atom. The lowest BCUT2D eigenvalue weighted by atomic mass is 9.95. The summed E-state index contributed by atoms with van der Waals surface area (Å²) in [6, 6.07) is 29.7. The Labute approximate surface area is 548 Å². The molecule has 5 atom stereocenters. The first-order valence-corrected chi connectivity index (χ1v) is 30.0. The van der Waals surface area contributed by atoms with Gasteiger partial charge in [0.25, 0.3) is 0 Å². The molecular weight excluding hydrogens is 1320 g/mol. The fourth-order valence-electron chi connectivity index (χ4n) is 10.8. The van der Waals surface area contributed by atoms with E-state index in [1.807, 2.05) is 48.5 Å². The summed E-state index contributed by atoms with van der Waals surface area (Å²) in [5.74, 6) is -8.10. The smallest absolute Gasteiger partial charge is 0.408 e. The molecule has 20 nitrogen and oxygen atoms in total. The third kappa shape index (κ3) is 14.0. The number of likely N-dealkylation sites (N-methyl/N-ethyl adjacent to an activating group) is 1. The first-order chi connectivity index (χ1) is 43.5. The maximum atomic E-state index is 15.9. The molecule has 2 aliphatic heterocycles. The summed E-state index contributed by atoms with van der Waals surface area (Å²) >= 11 is 29.5. The normalized spacial score (nSPS) is 16.0. The van der Waals surface area contributed by atoms with E-state index in [0.29, 0.717) is 10.0 Å². The molecule has 3 aliphatic rings. The summed E-state index contributed by atoms with van der Waals surface area (Å²) in [6.07, 6.45) is -1.40. The Hall–Kier alpha value is -9.51. The maximum Gasteiger partial charge on any atom is 0.408 e. The van der Waals surface area contributed by atoms with E-state index in [2.05, 4.69) is 42.5 Å². The van der Waals surface area contributed by atoms with Crippen molar-refractivity contribution in [2.24, 2.45) is 0 Å². The predicted octanol–water partition coefficient (Wildman–Crippen LogP) is 12.0. The van der Waals surface area contributed by atoms with Crippen molar-refractivity contribution in [2.45, 2.75) is 49.5 Å². The molecule has 0 unspecified atom stereocenters. The van der Waals surface area contributed by atoms with Crippen LogP contribution in [0.4, 0.5) is 10.5 Å². The first kappa shape index (κ1) is 64.5. The summed E-state index contributed by atoms with van der Waals surface area (Å²) in [7, 11) is 2.36. The van der Waals surface area contributed by atoms with E-state index in [9.17, 15) is 39.6 Å². The van der Waals surface area contributed by atoms with E-state index in [1.165, 1.54) is 68.6 Å². The molecule has 0 saturated carbocycles. The van der Waals surface area contributed by atoms with E-state index in [-0.39, 0.29) is 89.4 Å². The van der Waals surface area contributed by atoms with Gasteiger partial charge < -0.3 is 66.1 Å². The number of esters is 1. The zero-order valence-electron chi connectivity index (χ0n) is 48.0. The average Bonchev–Trinajstić information content (AvgIpc) is 1.75. The average molecular weight is 1380 g/mol. The molecule has 9 N–H and O–H groups in total. The van der Waals surface area contributed by atoms with Gasteiger partial charge in [-0.3, -0.25) is 24.0 Å². The number of phenols is 4. The number of carbonyl (C=O) groups is 7. The monoisotopic (exact) mass is 1370 g/mol. The highest BCUT2D eigenvalue weighted by molar-refractivity contribution is 9.10. The van der Waals surface area contributed by atoms with Crippen molar-refractivity contribution < 1.29 is 68.2 Å². The van der Waals surface area contributed by atoms with Crippen LogP contribution in [0.5, 0.6) is 34.5 Å². The van der Waals surface area contributed by atoms with Crippen LogP contribution >= 0.6 is 62.3 Å². The van der Waals surface area contributed by atoms with Crippen molar-refractivity contribution in [3.05, 3.63) is 215 Å². The molecule has 6 amide bonds. The van der Waals surface area contributed by atoms with Gasteiger partial charge in [-0.05, 0) is 144 Å². The zero-order valence-corrected chi connectivity index (χ0v) is 52.6. The molecule has 8 aromatic rings. The van der Waals surface area contributed by atoms with Gasteiger partial charge in [0.05, 0.1) is 32.9 Å². The quantitative estimate of drug-likeness (QED) is 0.0485. The first-order valence-electron chi connectivity index (χ1n) is 27.7. The molecule has 4 bridgehead atoms. The maximum absolute atomic E-state index is 15.9. The van der Waals surface area contributed by atoms with Crippen LogP contribution in [0.2, 0.25) is 20.1 Å². The molecule has 2 heterocycles. The highest BCUT2D eigenvalue weighted by atomic mass is 79.9. The number of amides is 6. The van der Waals surface area contributed by atoms with Crippen molar-refractivity contribution in [1.29, 1.82) is 0 Å². The Morgan fingerprint density at radius 2 is 1.30 bits per heavy atom. The lowest BCUT2D eigenvalue weighted by molar-refractivity contribution is -0.147. The summed E-state index contributed by atoms with van der Waals surface area (Å²) in [6.45, 7) is 1.08. The van der Waals surface area contributed by atoms with Crippen molar-refractivity contribution >= 4 is 110 Å². The number of ether oxygens (including phenoxy) is 3. The van der Waals surface area contributed by atoms with Crippen molar-refractivity contribution in [1.82, 2.24) is 26.2 Å². The number of fused-ring (bicyclic) bond motifs is 12. The molecule has 0 aromatic heterocycles. The third-order valence-corrected chi connectivity index (χ3v) is 17.2. The molecule has 25 heteroatoms. The number of anilines is 1. The van der Waals surface area contributed by atoms with Crippen molar-refractivity contribution in [3.63, 3.8) is 0 Å². The fraction of sp³-hybridized carbons (Fsp3) is 0.167. The molecule has 0 spiro atoms. The molecule has 91 heavy (non-hydrogen) atoms. The van der Waals surface area contributed by atoms with E-state index in [0.717, 1.165) is 58.5 Å². The Bertz CT molecular complexity index is 4140. The van der Waals surface area contributed by atoms with Crippen LogP contribution in [0.25, 0.3) is 22.3 Å². The zero-order chi connectivity index (χ0) is 65.1. The van der Waals surface area contributed by atoms with Gasteiger partial charge in [-0.1, -0.05) is 125 Å². The summed E-state index contributed by atoms with van der Waals surface area (Å²) in [4.78, 5) is 103. The van der Waals surface area contributed by atoms with Gasteiger partial charge >= 0.3 is 12.1 Å². The lowest BCUT2D eigenvalue weighted by Crippen LogP contribution is -2.54. The second kappa shape index (κ2) is 27.3. The number of carbonyl (C=O) groups excluding carboxylic acids is 7. The topological polar surface area (TPSA) is 291 Å². The predicted molar refractivity (Wildman–Crippen MR) is 342 cm³/mol. The van der Waals surface area contributed by atoms with Crippen LogP contribution in [0, 0.1) is 0 Å². The molecule has 1 aliphatic carbocycles. The number of aromatic hydroxyl groups is 4. The van der Waals surface area contributed by atoms with E-state index < -0.39 is 95.0 Å². The number of nitrogens with zero attached hydrogens (tertiary/aromatic N) is 1. The van der Waals surface area contributed by atoms with Crippen molar-refractivity contribution in [2.75, 3.05) is 26.1 Å². The molecule has 8 aromatic carbocycles. The van der Waals surface area contributed by atoms with Crippen LogP contribution in [-0.4, -0.2) is 93.7 Å². The Morgan fingerprint density at radius 3 is 1.90 bits per heavy atom. The summed E-state index contributed by atoms with van der Waals surface area (Å²) < 4.78 is 17.8. The van der Waals surface area contributed by atoms with Gasteiger partial charge in [0.15, 0.2) is 29.0 Å². The van der Waals surface area contributed by atoms with Crippen LogP contribution in [0.1, 0.15) is 76.0 Å². The van der Waals surface area contributed by atoms with Gasteiger partial charge in [-0.25, -0.2) is 9.59 Å². The molecular formula is C66H53BrCl4N6O14. The number of rotatable bonds is 13. The van der Waals surface area contributed by atoms with Crippen LogP contribution < -0.4 is 31.3 Å². The molecule has 0 saturated heterocycles. The number of hydrogen-bond acceptors (Lipinski definition) is 14. The lowest BCUT2D eigenvalue weighted by Gasteiger charge is -2.33. The summed E-state index contributed by atoms with van der Waals surface area (Å²) in [5.41, 5.74) is 4.29. The number of alkyl carbamates (subject to hydrolysis) is 1. The van der Waals surface area contributed by atoms with Gasteiger partial charge in [0.1, 0.15) is 42.3 Å². The van der Waals surface area contributed by atoms with Crippen molar-refractivity contribution in [3.8, 4) is 56.8 Å². The number of nitrogens with one attached hydrogen (secondary N) is 5. The molecule has 466 valence electrons. The molecule has 11 rings (SSSR count). The van der Waals surface area contributed by atoms with Gasteiger partial charge in [0.2, 0.25) is 29.5 Å². The molecule has 0 fully saturated rings. The molecule has 0 radical (unpaired) electrons. The van der Waals surface area contributed by atoms with E-state index in [1.54, 1.807) is 24.3 Å². The Balaban J connectivity index is 1.11. The standard InChI is InChI=1S/C66H53BrCl4N6O14/c1-31(78)72-51-28-34(16-21-46(51)67)44-23-35-29-53(58(44)80)91-39-19-12-32(13-20-39)22-52(61(83)75-57(65(87)89-3)33-14-17-38(79)18-15-33)77(2)64(86)56(37-26-49(70)60(82)50(71)27-37)74-62(84)54(35)73-63(85)55(36-24-47(68)59(81)48(69)25-36)76-66(88)90-30-45-42-10-6-4-8-40(42)41-9-5-7-11-43(41)45/h4-21,23-29,45,52,54-57,79-82H,22,30H2,1-3H3,(H,72,78)(H,73,85)(H,74,84)(H,75,83)(H,76,88)/t52-,54+,55+,56+,57+/m0/s1. The van der Waals surface area contributed by atoms with Gasteiger partial charge in [-0.2, -0.15) is 0 Å². The van der Waals surface area contributed by atoms with E-state index in [4.69, 9.17) is 60.6 Å². The van der Waals surface area contributed by atoms with Gasteiger partial charge in [0, 0.05) is 36.3 Å². The second-order valence-electron chi connectivity index (χ2n) is 21.2. The highest BCUT2D eigenvalue weighted by Gasteiger charge is 2.40. The number of hydrogen-bond donors (Lipinski definition) is 9. The second-order valence-corrected chi connectivity index (χ2v) is 23.7. The summed E-state index contributed by atoms with van der Waals surface area (Å²) in [5, 5.41) is 55.8. The SMILES string of the molecule is COC(=O)[C@H](NC(=O)[C@@H]1Cc2ccc(cc2)Oc2cc(cc(-c3ccc(Br)c(NC(C)=O)c3)c2O)[C@@H](NC(=O)[C@H](NC(=O)OCC2c3ccccc3-c3ccccc32)c2cc(Cl)c(O)c(Cl)c2)C(=O)N[C@H](c2cc(Cl)c(O)c(Cl)c2)C(=O)N1C)c1ccc(O)cc1. The van der Waals surface area contributed by atoms with Crippen LogP contribution in [0.15, 0.2) is 156 Å². The largest absolute Gasteiger partial charge is 0.508 e. The fourth-order valence-corrected chi connectivity index (χ4v) is 12.1. The third-order valence-electron chi connectivity index (χ3n) is 15.4. The van der Waals surface area contributed by atoms with Crippen LogP contribution in [-0.2, 0) is 44.7 Å². The number of methoxy groups -OCH3 is 1. The minimum absolute atomic E-state index is 0.0299. The number of benzene rings is 8. The minimum Gasteiger partial charge on any atom is -0.508 e. The number of halogens is 5. The van der Waals surface area contributed by atoms with Gasteiger partial charge in [-0.15, -0.1) is 0 Å². The van der Waals surface area contributed by atoms with Crippen LogP contribution in [0.3, 0.4) is 0 Å². The highest BCUT2D eigenvalue weighted by Crippen LogP contribution is 2.47. The minimum atomic E-state index is -2.03. The number of phenolic OH excluding ortho intramolecular Hbond substituents is 4.